The number of carbonyl (C=O) groups is 3. The number of hydrogen-bond acceptors (Lipinski definition) is 16. The van der Waals surface area contributed by atoms with E-state index in [9.17, 15) is 43.1 Å². The fourth-order valence-electron chi connectivity index (χ4n) is 5.06. The van der Waals surface area contributed by atoms with E-state index in [4.69, 9.17) is 27.8 Å². The topological polar surface area (TPSA) is 229 Å². The first-order valence-electron chi connectivity index (χ1n) is 16.2. The van der Waals surface area contributed by atoms with Gasteiger partial charge < -0.3 is 29.2 Å². The molecule has 0 aliphatic carbocycles. The van der Waals surface area contributed by atoms with Gasteiger partial charge in [0, 0.05) is 17.8 Å². The molecular weight excluding hydrogens is 716 g/mol. The van der Waals surface area contributed by atoms with Crippen LogP contribution >= 0.6 is 7.82 Å². The molecule has 0 saturated carbocycles. The van der Waals surface area contributed by atoms with Crippen molar-refractivity contribution in [1.29, 1.82) is 0 Å². The first-order valence-corrected chi connectivity index (χ1v) is 17.7. The Hall–Kier alpha value is -3.81. The summed E-state index contributed by atoms with van der Waals surface area (Å²) in [4.78, 5) is 63.5. The van der Waals surface area contributed by atoms with Gasteiger partial charge in [0.25, 0.3) is 5.56 Å². The second-order valence-corrected chi connectivity index (χ2v) is 14.2. The SMILES string of the molecule is CCOP(=O)(OCOC(=O)OC(C)C)OC[C@@]1(CF)O[C@@H](n2ccc(=O)n(COC(=O)C(NCC(=O)c3ccccc3)C(C)C)c2=O)[C@](C)(O)[C@@H]1O. The van der Waals surface area contributed by atoms with Crippen molar-refractivity contribution in [3.05, 3.63) is 69.0 Å². The van der Waals surface area contributed by atoms with Gasteiger partial charge in [-0.25, -0.2) is 27.6 Å². The number of benzene rings is 1. The summed E-state index contributed by atoms with van der Waals surface area (Å²) >= 11 is 0. The van der Waals surface area contributed by atoms with E-state index in [0.29, 0.717) is 14.7 Å². The number of esters is 1. The van der Waals surface area contributed by atoms with Gasteiger partial charge >= 0.3 is 25.6 Å². The van der Waals surface area contributed by atoms with Crippen LogP contribution in [0.4, 0.5) is 9.18 Å². The van der Waals surface area contributed by atoms with E-state index < -0.39 is 93.7 Å². The van der Waals surface area contributed by atoms with E-state index in [-0.39, 0.29) is 24.9 Å². The molecule has 3 rings (SSSR count). The van der Waals surface area contributed by atoms with Gasteiger partial charge in [-0.3, -0.25) is 33.3 Å². The quantitative estimate of drug-likeness (QED) is 0.0805. The highest BCUT2D eigenvalue weighted by molar-refractivity contribution is 7.48. The predicted octanol–water partition coefficient (Wildman–Crippen LogP) is 2.05. The Labute approximate surface area is 298 Å². The maximum Gasteiger partial charge on any atom is 0.510 e. The van der Waals surface area contributed by atoms with E-state index >= 15 is 0 Å². The molecule has 1 saturated heterocycles. The molecule has 2 heterocycles. The summed E-state index contributed by atoms with van der Waals surface area (Å²) in [7, 11) is -4.62. The zero-order valence-corrected chi connectivity index (χ0v) is 30.5. The molecule has 1 aromatic carbocycles. The molecule has 2 unspecified atom stereocenters. The highest BCUT2D eigenvalue weighted by Gasteiger charge is 2.63. The summed E-state index contributed by atoms with van der Waals surface area (Å²) in [5.74, 6) is -1.54. The molecule has 0 amide bonds. The molecule has 3 N–H and O–H groups in total. The average Bonchev–Trinajstić information content (AvgIpc) is 3.28. The normalized spacial score (nSPS) is 23.3. The van der Waals surface area contributed by atoms with Crippen LogP contribution in [0.15, 0.2) is 52.2 Å². The lowest BCUT2D eigenvalue weighted by molar-refractivity contribution is -0.152. The van der Waals surface area contributed by atoms with Gasteiger partial charge in [-0.05, 0) is 33.6 Å². The second-order valence-electron chi connectivity index (χ2n) is 12.5. The summed E-state index contributed by atoms with van der Waals surface area (Å²) < 4.78 is 64.6. The van der Waals surface area contributed by atoms with Crippen LogP contribution in [0.1, 0.15) is 58.1 Å². The van der Waals surface area contributed by atoms with Gasteiger partial charge in [0.1, 0.15) is 24.4 Å². The minimum absolute atomic E-state index is 0.205. The summed E-state index contributed by atoms with van der Waals surface area (Å²) in [5.41, 5.74) is -6.61. The third-order valence-electron chi connectivity index (χ3n) is 7.78. The Morgan fingerprint density at radius 1 is 1.06 bits per heavy atom. The van der Waals surface area contributed by atoms with Crippen molar-refractivity contribution < 1.29 is 66.1 Å². The maximum absolute atomic E-state index is 14.7. The highest BCUT2D eigenvalue weighted by atomic mass is 31.2. The lowest BCUT2D eigenvalue weighted by Gasteiger charge is -2.31. The van der Waals surface area contributed by atoms with Gasteiger partial charge in [0.2, 0.25) is 6.79 Å². The van der Waals surface area contributed by atoms with Crippen molar-refractivity contribution in [3.8, 4) is 0 Å². The Kier molecular flexibility index (Phi) is 15.0. The lowest BCUT2D eigenvalue weighted by Crippen LogP contribution is -2.53. The van der Waals surface area contributed by atoms with Crippen LogP contribution < -0.4 is 16.6 Å². The molecular formula is C32H45FN3O15P. The van der Waals surface area contributed by atoms with Crippen LogP contribution in [0.25, 0.3) is 0 Å². The molecule has 20 heteroatoms. The van der Waals surface area contributed by atoms with Gasteiger partial charge in [0.15, 0.2) is 24.3 Å². The largest absolute Gasteiger partial charge is 0.510 e. The number of phosphoric acid groups is 1. The minimum atomic E-state index is -4.62. The molecule has 1 aliphatic rings. The van der Waals surface area contributed by atoms with E-state index in [1.807, 2.05) is 0 Å². The molecule has 0 bridgehead atoms. The monoisotopic (exact) mass is 761 g/mol. The van der Waals surface area contributed by atoms with Crippen molar-refractivity contribution in [2.24, 2.45) is 5.92 Å². The van der Waals surface area contributed by atoms with Gasteiger partial charge in [-0.15, -0.1) is 0 Å². The van der Waals surface area contributed by atoms with Crippen LogP contribution in [0.2, 0.25) is 0 Å². The number of ether oxygens (including phenoxy) is 4. The summed E-state index contributed by atoms with van der Waals surface area (Å²) in [6, 6.07) is 8.25. The van der Waals surface area contributed by atoms with E-state index in [0.717, 1.165) is 19.2 Å². The number of nitrogens with zero attached hydrogens (tertiary/aromatic N) is 2. The number of aliphatic hydroxyl groups is 2. The Balaban J connectivity index is 1.77. The predicted molar refractivity (Wildman–Crippen MR) is 178 cm³/mol. The third-order valence-corrected chi connectivity index (χ3v) is 9.22. The number of Topliss-reactive ketones (excluding diaryl/α,β-unsaturated/α-hetero) is 1. The summed E-state index contributed by atoms with van der Waals surface area (Å²) in [6.45, 7) is 3.98. The first kappa shape index (κ1) is 42.6. The van der Waals surface area contributed by atoms with E-state index in [1.165, 1.54) is 6.92 Å². The number of phosphoric ester groups is 1. The smallest absolute Gasteiger partial charge is 0.442 e. The van der Waals surface area contributed by atoms with Gasteiger partial charge in [-0.2, -0.15) is 0 Å². The van der Waals surface area contributed by atoms with Crippen LogP contribution in [0.3, 0.4) is 0 Å². The number of halogens is 1. The molecule has 2 aromatic rings. The van der Waals surface area contributed by atoms with Crippen molar-refractivity contribution in [3.63, 3.8) is 0 Å². The molecule has 0 spiro atoms. The van der Waals surface area contributed by atoms with Crippen LogP contribution in [-0.4, -0.2) is 99.9 Å². The van der Waals surface area contributed by atoms with Crippen molar-refractivity contribution in [2.45, 2.75) is 84.0 Å². The number of ketones is 1. The summed E-state index contributed by atoms with van der Waals surface area (Å²) in [5, 5.41) is 25.2. The number of alkyl halides is 1. The molecule has 6 atom stereocenters. The van der Waals surface area contributed by atoms with E-state index in [2.05, 4.69) is 10.1 Å². The first-order chi connectivity index (χ1) is 24.4. The Morgan fingerprint density at radius 3 is 2.33 bits per heavy atom. The lowest BCUT2D eigenvalue weighted by atomic mass is 9.88. The number of hydrogen-bond donors (Lipinski definition) is 3. The fraction of sp³-hybridized carbons (Fsp3) is 0.594. The van der Waals surface area contributed by atoms with Gasteiger partial charge in [0.05, 0.1) is 25.9 Å². The van der Waals surface area contributed by atoms with Gasteiger partial charge in [-0.1, -0.05) is 44.2 Å². The molecule has 18 nitrogen and oxygen atoms in total. The third kappa shape index (κ3) is 10.4. The number of nitrogens with one attached hydrogen (secondary N) is 1. The highest BCUT2D eigenvalue weighted by Crippen LogP contribution is 2.52. The number of aliphatic hydroxyl groups excluding tert-OH is 1. The standard InChI is InChI=1S/C32H45FN3O15P/c1-7-47-52(44,49-19-46-30(42)50-21(4)5)48-17-32(16-33)27(40)31(6,43)28(51-32)35-14-13-24(38)36(29(35)41)18-45-26(39)25(20(2)3)34-15-23(37)22-11-9-8-10-12-22/h8-14,20-21,25,27-28,34,40,43H,7,15-19H2,1-6H3/t25?,27-,28+,31+,32+,52?/m0/s1. The molecule has 52 heavy (non-hydrogen) atoms. The fourth-order valence-corrected chi connectivity index (χ4v) is 6.16. The summed E-state index contributed by atoms with van der Waals surface area (Å²) in [6.07, 6.45) is -4.80. The second kappa shape index (κ2) is 18.3. The Morgan fingerprint density at radius 2 is 1.73 bits per heavy atom. The molecule has 0 radical (unpaired) electrons. The molecule has 1 fully saturated rings. The van der Waals surface area contributed by atoms with Crippen molar-refractivity contribution >= 4 is 25.7 Å². The van der Waals surface area contributed by atoms with Crippen LogP contribution in [0, 0.1) is 5.92 Å². The zero-order chi connectivity index (χ0) is 38.9. The van der Waals surface area contributed by atoms with Crippen molar-refractivity contribution in [2.75, 3.05) is 33.2 Å². The molecule has 290 valence electrons. The maximum atomic E-state index is 14.7. The number of aromatic nitrogens is 2. The van der Waals surface area contributed by atoms with Crippen LogP contribution in [-0.2, 0) is 48.6 Å². The molecule has 1 aromatic heterocycles. The molecule has 1 aliphatic heterocycles. The Bertz CT molecular complexity index is 1700. The zero-order valence-electron chi connectivity index (χ0n) is 29.6. The van der Waals surface area contributed by atoms with Crippen molar-refractivity contribution in [1.82, 2.24) is 14.5 Å². The van der Waals surface area contributed by atoms with E-state index in [1.54, 1.807) is 58.0 Å². The number of rotatable bonds is 19. The number of carbonyl (C=O) groups excluding carboxylic acids is 3. The average molecular weight is 762 g/mol. The van der Waals surface area contributed by atoms with Crippen LogP contribution in [0.5, 0.6) is 0 Å². The minimum Gasteiger partial charge on any atom is -0.442 e.